The van der Waals surface area contributed by atoms with Gasteiger partial charge in [0.1, 0.15) is 0 Å². The highest BCUT2D eigenvalue weighted by Gasteiger charge is 2.61. The summed E-state index contributed by atoms with van der Waals surface area (Å²) in [4.78, 5) is 8.70. The fraction of sp³-hybridized carbons (Fsp3) is 0.593. The van der Waals surface area contributed by atoms with Crippen molar-refractivity contribution >= 4 is 11.8 Å². The average Bonchev–Trinajstić information content (AvgIpc) is 3.42. The Hall–Kier alpha value is -1.96. The first kappa shape index (κ1) is 22.5. The van der Waals surface area contributed by atoms with Gasteiger partial charge in [0.25, 0.3) is 0 Å². The number of hydrogen-bond donors (Lipinski definition) is 3. The lowest BCUT2D eigenvalue weighted by atomic mass is 9.50. The van der Waals surface area contributed by atoms with Crippen LogP contribution in [0.3, 0.4) is 0 Å². The molecule has 0 spiro atoms. The van der Waals surface area contributed by atoms with E-state index in [0.29, 0.717) is 22.7 Å². The molecule has 0 aliphatic heterocycles. The van der Waals surface area contributed by atoms with E-state index in [0.717, 1.165) is 56.3 Å². The van der Waals surface area contributed by atoms with E-state index in [-0.39, 0.29) is 16.9 Å². The smallest absolute Gasteiger partial charge is 0.208 e. The van der Waals surface area contributed by atoms with Gasteiger partial charge in [-0.15, -0.1) is 5.10 Å². The second-order valence-corrected chi connectivity index (χ2v) is 12.2. The number of aliphatic hydroxyl groups is 2. The van der Waals surface area contributed by atoms with Crippen LogP contribution in [0.4, 0.5) is 0 Å². The maximum atomic E-state index is 12.0. The Balaban J connectivity index is 1.21. The molecule has 3 saturated carbocycles. The van der Waals surface area contributed by atoms with E-state index >= 15 is 0 Å². The van der Waals surface area contributed by atoms with Gasteiger partial charge in [-0.05, 0) is 74.3 Å². The molecule has 6 unspecified atom stereocenters. The highest BCUT2D eigenvalue weighted by Crippen LogP contribution is 2.66. The number of pyridine rings is 1. The molecule has 3 fully saturated rings. The molecule has 2 aromatic heterocycles. The molecule has 0 amide bonds. The topological polar surface area (TPSA) is 94.9 Å². The van der Waals surface area contributed by atoms with Crippen molar-refractivity contribution < 1.29 is 10.2 Å². The highest BCUT2D eigenvalue weighted by molar-refractivity contribution is 7.99. The molecule has 0 bridgehead atoms. The molecule has 4 aliphatic rings. The fourth-order valence-electron chi connectivity index (χ4n) is 7.47. The van der Waals surface area contributed by atoms with E-state index < -0.39 is 5.60 Å². The van der Waals surface area contributed by atoms with Crippen LogP contribution in [-0.4, -0.2) is 47.8 Å². The summed E-state index contributed by atoms with van der Waals surface area (Å²) in [5, 5.41) is 30.3. The van der Waals surface area contributed by atoms with Crippen molar-refractivity contribution in [1.82, 2.24) is 20.2 Å². The summed E-state index contributed by atoms with van der Waals surface area (Å²) in [6.45, 7) is 4.74. The van der Waals surface area contributed by atoms with Crippen molar-refractivity contribution in [3.8, 4) is 11.4 Å². The van der Waals surface area contributed by atoms with Crippen molar-refractivity contribution in [2.45, 2.75) is 75.7 Å². The molecule has 7 heteroatoms. The number of hydrogen-bond acceptors (Lipinski definition) is 6. The number of thioether (sulfide) groups is 1. The minimum Gasteiger partial charge on any atom is -0.393 e. The average molecular weight is 479 g/mol. The summed E-state index contributed by atoms with van der Waals surface area (Å²) in [6.07, 6.45) is 14.8. The molecule has 34 heavy (non-hydrogen) atoms. The van der Waals surface area contributed by atoms with Crippen molar-refractivity contribution in [2.24, 2.45) is 22.7 Å². The van der Waals surface area contributed by atoms with Crippen LogP contribution in [0.5, 0.6) is 0 Å². The van der Waals surface area contributed by atoms with Crippen LogP contribution >= 0.6 is 11.8 Å². The van der Waals surface area contributed by atoms with Gasteiger partial charge in [-0.25, -0.2) is 4.98 Å². The van der Waals surface area contributed by atoms with Gasteiger partial charge in [0.15, 0.2) is 5.82 Å². The third-order valence-corrected chi connectivity index (χ3v) is 10.8. The van der Waals surface area contributed by atoms with E-state index in [9.17, 15) is 10.2 Å². The summed E-state index contributed by atoms with van der Waals surface area (Å²) in [5.74, 6) is 2.30. The first-order valence-corrected chi connectivity index (χ1v) is 13.6. The second kappa shape index (κ2) is 8.04. The van der Waals surface area contributed by atoms with Gasteiger partial charge in [0, 0.05) is 29.1 Å². The summed E-state index contributed by atoms with van der Waals surface area (Å²) in [7, 11) is 0. The number of nitrogens with zero attached hydrogens (tertiary/aromatic N) is 3. The van der Waals surface area contributed by atoms with Gasteiger partial charge in [0.05, 0.1) is 11.7 Å². The quantitative estimate of drug-likeness (QED) is 0.539. The zero-order chi connectivity index (χ0) is 23.6. The number of fused-ring (bicyclic) bond motifs is 5. The van der Waals surface area contributed by atoms with E-state index in [1.165, 1.54) is 5.57 Å². The van der Waals surface area contributed by atoms with E-state index in [1.54, 1.807) is 29.7 Å². The zero-order valence-corrected chi connectivity index (χ0v) is 20.8. The number of aromatic nitrogens is 4. The van der Waals surface area contributed by atoms with Crippen LogP contribution in [0.25, 0.3) is 11.4 Å². The number of aliphatic hydroxyl groups excluding tert-OH is 1. The van der Waals surface area contributed by atoms with Crippen molar-refractivity contribution in [1.29, 1.82) is 0 Å². The Bertz CT molecular complexity index is 1150. The Morgan fingerprint density at radius 2 is 1.85 bits per heavy atom. The minimum absolute atomic E-state index is 0.136. The van der Waals surface area contributed by atoms with Crippen LogP contribution in [0, 0.1) is 22.7 Å². The van der Waals surface area contributed by atoms with Crippen LogP contribution in [0.1, 0.15) is 58.8 Å². The lowest BCUT2D eigenvalue weighted by Crippen LogP contribution is -2.52. The SMILES string of the molecule is CC12CCC(O)CC1=CC=C1C2CCC2(C)C1CCC2(O)CSc1n[nH]c(-c2ccncc2)n1. The molecule has 3 N–H and O–H groups in total. The van der Waals surface area contributed by atoms with Gasteiger partial charge in [0.2, 0.25) is 5.16 Å². The molecule has 0 aromatic carbocycles. The molecule has 180 valence electrons. The van der Waals surface area contributed by atoms with Crippen LogP contribution in [0.15, 0.2) is 53.0 Å². The summed E-state index contributed by atoms with van der Waals surface area (Å²) < 4.78 is 0. The normalized spacial score (nSPS) is 39.0. The molecule has 0 saturated heterocycles. The minimum atomic E-state index is -0.737. The van der Waals surface area contributed by atoms with Crippen LogP contribution in [-0.2, 0) is 0 Å². The summed E-state index contributed by atoms with van der Waals surface area (Å²) in [5.41, 5.74) is 3.24. The molecule has 6 atom stereocenters. The van der Waals surface area contributed by atoms with Gasteiger partial charge >= 0.3 is 0 Å². The Kier molecular flexibility index (Phi) is 5.32. The van der Waals surface area contributed by atoms with Gasteiger partial charge < -0.3 is 10.2 Å². The monoisotopic (exact) mass is 478 g/mol. The summed E-state index contributed by atoms with van der Waals surface area (Å²) in [6, 6.07) is 3.82. The van der Waals surface area contributed by atoms with Crippen LogP contribution in [0.2, 0.25) is 0 Å². The molecule has 0 radical (unpaired) electrons. The lowest BCUT2D eigenvalue weighted by Gasteiger charge is -2.56. The Morgan fingerprint density at radius 3 is 2.68 bits per heavy atom. The number of aromatic amines is 1. The van der Waals surface area contributed by atoms with Crippen molar-refractivity contribution in [3.63, 3.8) is 0 Å². The molecule has 6 nitrogen and oxygen atoms in total. The largest absolute Gasteiger partial charge is 0.393 e. The number of allylic oxidation sites excluding steroid dienone is 3. The predicted octanol–water partition coefficient (Wildman–Crippen LogP) is 4.93. The Morgan fingerprint density at radius 1 is 1.06 bits per heavy atom. The second-order valence-electron chi connectivity index (χ2n) is 11.3. The first-order valence-electron chi connectivity index (χ1n) is 12.6. The first-order chi connectivity index (χ1) is 16.3. The zero-order valence-electron chi connectivity index (χ0n) is 20.0. The fourth-order valence-corrected chi connectivity index (χ4v) is 8.57. The molecular formula is C27H34N4O2S. The predicted molar refractivity (Wildman–Crippen MR) is 133 cm³/mol. The third kappa shape index (κ3) is 3.34. The van der Waals surface area contributed by atoms with Gasteiger partial charge in [-0.3, -0.25) is 10.1 Å². The van der Waals surface area contributed by atoms with E-state index in [1.807, 2.05) is 12.1 Å². The van der Waals surface area contributed by atoms with Gasteiger partial charge in [-0.1, -0.05) is 48.9 Å². The maximum absolute atomic E-state index is 12.0. The van der Waals surface area contributed by atoms with E-state index in [4.69, 9.17) is 0 Å². The van der Waals surface area contributed by atoms with Crippen molar-refractivity contribution in [3.05, 3.63) is 47.8 Å². The molecular weight excluding hydrogens is 444 g/mol. The molecule has 2 aromatic rings. The number of rotatable bonds is 4. The highest BCUT2D eigenvalue weighted by atomic mass is 32.2. The third-order valence-electron chi connectivity index (χ3n) is 9.73. The summed E-state index contributed by atoms with van der Waals surface area (Å²) >= 11 is 1.56. The van der Waals surface area contributed by atoms with Crippen molar-refractivity contribution in [2.75, 3.05) is 5.75 Å². The van der Waals surface area contributed by atoms with Gasteiger partial charge in [-0.2, -0.15) is 0 Å². The maximum Gasteiger partial charge on any atom is 0.208 e. The molecule has 6 rings (SSSR count). The standard InChI is InChI=1S/C27H34N4O2S/c1-25-10-5-19(32)15-18(25)3-4-20-21(25)6-11-26(2)22(20)7-12-27(26,33)16-34-24-29-23(30-31-24)17-8-13-28-14-9-17/h3-4,8-9,13-14,19,21-22,32-33H,5-7,10-12,15-16H2,1-2H3,(H,29,30,31). The lowest BCUT2D eigenvalue weighted by molar-refractivity contribution is -0.0679. The number of nitrogens with one attached hydrogen (secondary N) is 1. The number of H-pyrrole nitrogens is 1. The molecule has 2 heterocycles. The molecule has 4 aliphatic carbocycles. The van der Waals surface area contributed by atoms with E-state index in [2.05, 4.69) is 46.2 Å². The van der Waals surface area contributed by atoms with Crippen LogP contribution < -0.4 is 0 Å². The Labute approximate surface area is 205 Å².